The van der Waals surface area contributed by atoms with Gasteiger partial charge in [0.25, 0.3) is 0 Å². The largest absolute Gasteiger partial charge is 0.397 e. The van der Waals surface area contributed by atoms with Crippen molar-refractivity contribution >= 4 is 11.4 Å². The van der Waals surface area contributed by atoms with Crippen LogP contribution >= 0.6 is 0 Å². The van der Waals surface area contributed by atoms with Crippen LogP contribution in [0.25, 0.3) is 0 Å². The van der Waals surface area contributed by atoms with Gasteiger partial charge in [-0.25, -0.2) is 0 Å². The maximum Gasteiger partial charge on any atom is 0.0992 e. The van der Waals surface area contributed by atoms with Crippen LogP contribution in [0.4, 0.5) is 11.4 Å². The molecule has 20 heavy (non-hydrogen) atoms. The average Bonchev–Trinajstić information content (AvgIpc) is 2.43. The molecule has 0 saturated heterocycles. The third-order valence-electron chi connectivity index (χ3n) is 5.73. The summed E-state index contributed by atoms with van der Waals surface area (Å²) in [7, 11) is 0. The standard InChI is InChI=1S/C17H21N3/c18-9-10-1-2-16(15(19)8-10)20-17-13-4-11-3-12(6-13)7-14(17)5-11/h1-2,8,11-14,17,20H,3-7,19H2. The van der Waals surface area contributed by atoms with Gasteiger partial charge in [-0.2, -0.15) is 5.26 Å². The normalized spacial score (nSPS) is 37.6. The number of hydrogen-bond acceptors (Lipinski definition) is 3. The first-order chi connectivity index (χ1) is 9.72. The van der Waals surface area contributed by atoms with Crippen LogP contribution < -0.4 is 11.1 Å². The molecule has 104 valence electrons. The zero-order valence-corrected chi connectivity index (χ0v) is 11.7. The van der Waals surface area contributed by atoms with E-state index in [-0.39, 0.29) is 0 Å². The summed E-state index contributed by atoms with van der Waals surface area (Å²) in [4.78, 5) is 0. The van der Waals surface area contributed by atoms with E-state index in [2.05, 4.69) is 11.4 Å². The van der Waals surface area contributed by atoms with Crippen molar-refractivity contribution in [2.75, 3.05) is 11.1 Å². The summed E-state index contributed by atoms with van der Waals surface area (Å²) >= 11 is 0. The zero-order chi connectivity index (χ0) is 13.7. The van der Waals surface area contributed by atoms with Gasteiger partial charge in [-0.15, -0.1) is 0 Å². The fourth-order valence-corrected chi connectivity index (χ4v) is 5.10. The molecule has 4 bridgehead atoms. The number of rotatable bonds is 2. The van der Waals surface area contributed by atoms with Crippen LogP contribution in [0.1, 0.15) is 37.7 Å². The van der Waals surface area contributed by atoms with Gasteiger partial charge in [-0.3, -0.25) is 0 Å². The number of anilines is 2. The van der Waals surface area contributed by atoms with Crippen molar-refractivity contribution in [3.8, 4) is 6.07 Å². The summed E-state index contributed by atoms with van der Waals surface area (Å²) in [5.41, 5.74) is 8.45. The van der Waals surface area contributed by atoms with Crippen molar-refractivity contribution in [2.24, 2.45) is 23.7 Å². The van der Waals surface area contributed by atoms with Crippen LogP contribution in [0.15, 0.2) is 18.2 Å². The second kappa shape index (κ2) is 4.41. The molecule has 0 aromatic heterocycles. The number of nitrogens with one attached hydrogen (secondary N) is 1. The van der Waals surface area contributed by atoms with Gasteiger partial charge in [-0.05, 0) is 74.0 Å². The Labute approximate surface area is 120 Å². The summed E-state index contributed by atoms with van der Waals surface area (Å²) in [6.07, 6.45) is 7.10. The smallest absolute Gasteiger partial charge is 0.0992 e. The maximum atomic E-state index is 8.91. The number of hydrogen-bond donors (Lipinski definition) is 2. The summed E-state index contributed by atoms with van der Waals surface area (Å²) in [6, 6.07) is 8.34. The lowest BCUT2D eigenvalue weighted by Gasteiger charge is -2.54. The van der Waals surface area contributed by atoms with E-state index in [1.807, 2.05) is 12.1 Å². The van der Waals surface area contributed by atoms with Gasteiger partial charge in [0.15, 0.2) is 0 Å². The lowest BCUT2D eigenvalue weighted by Crippen LogP contribution is -2.51. The van der Waals surface area contributed by atoms with E-state index < -0.39 is 0 Å². The molecule has 4 saturated carbocycles. The van der Waals surface area contributed by atoms with Gasteiger partial charge in [0.1, 0.15) is 0 Å². The van der Waals surface area contributed by atoms with Gasteiger partial charge >= 0.3 is 0 Å². The second-order valence-corrected chi connectivity index (χ2v) is 7.01. The van der Waals surface area contributed by atoms with Crippen LogP contribution in [0.5, 0.6) is 0 Å². The fourth-order valence-electron chi connectivity index (χ4n) is 5.10. The van der Waals surface area contributed by atoms with Crippen molar-refractivity contribution in [3.05, 3.63) is 23.8 Å². The molecule has 0 amide bonds. The molecule has 0 aliphatic heterocycles. The molecule has 0 heterocycles. The van der Waals surface area contributed by atoms with E-state index in [9.17, 15) is 0 Å². The molecule has 0 radical (unpaired) electrons. The minimum atomic E-state index is 0.595. The fraction of sp³-hybridized carbons (Fsp3) is 0.588. The van der Waals surface area contributed by atoms with Gasteiger partial charge in [0.2, 0.25) is 0 Å². The Balaban J connectivity index is 1.56. The molecule has 5 rings (SSSR count). The highest BCUT2D eigenvalue weighted by atomic mass is 15.0. The third-order valence-corrected chi connectivity index (χ3v) is 5.73. The van der Waals surface area contributed by atoms with Crippen molar-refractivity contribution in [2.45, 2.75) is 38.1 Å². The van der Waals surface area contributed by atoms with Crippen LogP contribution in [0, 0.1) is 35.0 Å². The number of benzene rings is 1. The van der Waals surface area contributed by atoms with E-state index in [0.717, 1.165) is 29.4 Å². The lowest BCUT2D eigenvalue weighted by molar-refractivity contribution is 0.00756. The SMILES string of the molecule is N#Cc1ccc(NC2C3CC4CC(C3)CC2C4)c(N)c1. The van der Waals surface area contributed by atoms with E-state index >= 15 is 0 Å². The van der Waals surface area contributed by atoms with Gasteiger partial charge in [0.05, 0.1) is 23.0 Å². The Hall–Kier alpha value is -1.69. The van der Waals surface area contributed by atoms with Gasteiger partial charge in [0, 0.05) is 6.04 Å². The molecule has 0 spiro atoms. The molecular formula is C17H21N3. The van der Waals surface area contributed by atoms with Crippen LogP contribution in [-0.2, 0) is 0 Å². The molecule has 0 unspecified atom stereocenters. The minimum absolute atomic E-state index is 0.595. The third kappa shape index (κ3) is 1.86. The Bertz CT molecular complexity index is 544. The maximum absolute atomic E-state index is 8.91. The van der Waals surface area contributed by atoms with Crippen LogP contribution in [0.2, 0.25) is 0 Å². The monoisotopic (exact) mass is 267 g/mol. The molecule has 1 aromatic carbocycles. The summed E-state index contributed by atoms with van der Waals surface area (Å²) < 4.78 is 0. The van der Waals surface area contributed by atoms with E-state index in [1.54, 1.807) is 6.07 Å². The highest BCUT2D eigenvalue weighted by Crippen LogP contribution is 2.54. The second-order valence-electron chi connectivity index (χ2n) is 7.01. The molecule has 3 heteroatoms. The number of nitrogens with two attached hydrogens (primary N) is 1. The number of nitrogen functional groups attached to an aromatic ring is 1. The Morgan fingerprint density at radius 1 is 1.05 bits per heavy atom. The first-order valence-electron chi connectivity index (χ1n) is 7.79. The highest BCUT2D eigenvalue weighted by Gasteiger charge is 2.48. The van der Waals surface area contributed by atoms with Gasteiger partial charge < -0.3 is 11.1 Å². The molecule has 3 nitrogen and oxygen atoms in total. The minimum Gasteiger partial charge on any atom is -0.397 e. The average molecular weight is 267 g/mol. The number of nitrogens with zero attached hydrogens (tertiary/aromatic N) is 1. The van der Waals surface area contributed by atoms with E-state index in [4.69, 9.17) is 11.0 Å². The molecule has 4 aliphatic carbocycles. The molecule has 3 N–H and O–H groups in total. The van der Waals surface area contributed by atoms with E-state index in [0.29, 0.717) is 17.3 Å². The van der Waals surface area contributed by atoms with Crippen molar-refractivity contribution in [1.29, 1.82) is 5.26 Å². The molecule has 0 atom stereocenters. The van der Waals surface area contributed by atoms with Crippen LogP contribution in [-0.4, -0.2) is 6.04 Å². The van der Waals surface area contributed by atoms with E-state index in [1.165, 1.54) is 32.1 Å². The Kier molecular flexibility index (Phi) is 2.66. The molecular weight excluding hydrogens is 246 g/mol. The van der Waals surface area contributed by atoms with Gasteiger partial charge in [-0.1, -0.05) is 0 Å². The topological polar surface area (TPSA) is 61.8 Å². The first kappa shape index (κ1) is 12.1. The zero-order valence-electron chi connectivity index (χ0n) is 11.7. The Morgan fingerprint density at radius 2 is 1.70 bits per heavy atom. The first-order valence-corrected chi connectivity index (χ1v) is 7.79. The van der Waals surface area contributed by atoms with Crippen molar-refractivity contribution in [3.63, 3.8) is 0 Å². The van der Waals surface area contributed by atoms with Crippen molar-refractivity contribution < 1.29 is 0 Å². The number of nitriles is 1. The summed E-state index contributed by atoms with van der Waals surface area (Å²) in [5, 5.41) is 12.6. The predicted octanol–water partition coefficient (Wildman–Crippen LogP) is 3.38. The molecule has 4 fully saturated rings. The summed E-state index contributed by atoms with van der Waals surface area (Å²) in [6.45, 7) is 0. The summed E-state index contributed by atoms with van der Waals surface area (Å²) in [5.74, 6) is 3.66. The highest BCUT2D eigenvalue weighted by molar-refractivity contribution is 5.68. The molecule has 4 aliphatic rings. The Morgan fingerprint density at radius 3 is 2.25 bits per heavy atom. The molecule has 1 aromatic rings. The van der Waals surface area contributed by atoms with Crippen LogP contribution in [0.3, 0.4) is 0 Å². The predicted molar refractivity (Wildman–Crippen MR) is 80.0 cm³/mol. The lowest BCUT2D eigenvalue weighted by atomic mass is 9.54. The van der Waals surface area contributed by atoms with Crippen molar-refractivity contribution in [1.82, 2.24) is 0 Å². The quantitative estimate of drug-likeness (QED) is 0.807.